The van der Waals surface area contributed by atoms with Gasteiger partial charge < -0.3 is 11.1 Å². The first-order valence-corrected chi connectivity index (χ1v) is 7.25. The molecule has 0 saturated carbocycles. The maximum absolute atomic E-state index is 11.8. The summed E-state index contributed by atoms with van der Waals surface area (Å²) in [5.74, 6) is 0.316. The minimum atomic E-state index is -0.436. The number of nitrogens with one attached hydrogen (secondary N) is 1. The number of carbonyl (C=O) groups is 1. The number of hydrogen-bond donors (Lipinski definition) is 2. The maximum Gasteiger partial charge on any atom is 0.237 e. The Morgan fingerprint density at radius 2 is 2.16 bits per heavy atom. The molecule has 1 atom stereocenters. The fourth-order valence-corrected chi connectivity index (χ4v) is 2.81. The highest BCUT2D eigenvalue weighted by Gasteiger charge is 2.15. The number of hydrogen-bond acceptors (Lipinski definition) is 4. The normalized spacial score (nSPS) is 12.8. The Bertz CT molecular complexity index is 532. The fraction of sp³-hybridized carbons (Fsp3) is 0.429. The molecule has 0 spiro atoms. The molecule has 4 nitrogen and oxygen atoms in total. The van der Waals surface area contributed by atoms with Crippen LogP contribution in [0.25, 0.3) is 10.2 Å². The molecule has 1 unspecified atom stereocenters. The zero-order valence-electron chi connectivity index (χ0n) is 11.2. The Morgan fingerprint density at radius 1 is 1.42 bits per heavy atom. The van der Waals surface area contributed by atoms with Gasteiger partial charge in [-0.1, -0.05) is 26.0 Å². The molecule has 2 aromatic rings. The van der Waals surface area contributed by atoms with E-state index in [-0.39, 0.29) is 5.91 Å². The van der Waals surface area contributed by atoms with E-state index in [1.165, 1.54) is 0 Å². The summed E-state index contributed by atoms with van der Waals surface area (Å²) in [6, 6.07) is 7.52. The van der Waals surface area contributed by atoms with Gasteiger partial charge in [0, 0.05) is 0 Å². The van der Waals surface area contributed by atoms with Crippen LogP contribution >= 0.6 is 11.3 Å². The van der Waals surface area contributed by atoms with E-state index in [1.807, 2.05) is 24.3 Å². The molecule has 0 radical (unpaired) electrons. The molecule has 0 saturated heterocycles. The second-order valence-electron chi connectivity index (χ2n) is 5.03. The average Bonchev–Trinajstić information content (AvgIpc) is 2.77. The topological polar surface area (TPSA) is 68.0 Å². The largest absolute Gasteiger partial charge is 0.348 e. The van der Waals surface area contributed by atoms with Gasteiger partial charge in [0.15, 0.2) is 0 Å². The van der Waals surface area contributed by atoms with E-state index in [4.69, 9.17) is 5.73 Å². The van der Waals surface area contributed by atoms with Crippen LogP contribution in [0.3, 0.4) is 0 Å². The molecule has 1 heterocycles. The predicted molar refractivity (Wildman–Crippen MR) is 78.9 cm³/mol. The molecular weight excluding hydrogens is 258 g/mol. The summed E-state index contributed by atoms with van der Waals surface area (Å²) in [6.07, 6.45) is 0.700. The molecule has 19 heavy (non-hydrogen) atoms. The standard InChI is InChI=1S/C14H19N3OS/c1-9(2)7-10(15)14(18)16-8-13-17-11-5-3-4-6-12(11)19-13/h3-6,9-10H,7-8,15H2,1-2H3,(H,16,18). The Labute approximate surface area is 117 Å². The van der Waals surface area contributed by atoms with Crippen molar-refractivity contribution in [1.29, 1.82) is 0 Å². The zero-order chi connectivity index (χ0) is 13.8. The van der Waals surface area contributed by atoms with Crippen molar-refractivity contribution in [3.63, 3.8) is 0 Å². The Hall–Kier alpha value is -1.46. The van der Waals surface area contributed by atoms with E-state index in [0.29, 0.717) is 18.9 Å². The number of rotatable bonds is 5. The molecule has 102 valence electrons. The minimum absolute atomic E-state index is 0.104. The third kappa shape index (κ3) is 3.75. The van der Waals surface area contributed by atoms with E-state index < -0.39 is 6.04 Å². The first-order valence-electron chi connectivity index (χ1n) is 6.44. The van der Waals surface area contributed by atoms with Gasteiger partial charge >= 0.3 is 0 Å². The summed E-state index contributed by atoms with van der Waals surface area (Å²) < 4.78 is 1.14. The van der Waals surface area contributed by atoms with Gasteiger partial charge in [0.05, 0.1) is 22.8 Å². The van der Waals surface area contributed by atoms with Gasteiger partial charge in [-0.2, -0.15) is 0 Å². The van der Waals surface area contributed by atoms with Crippen molar-refractivity contribution >= 4 is 27.5 Å². The van der Waals surface area contributed by atoms with Crippen LogP contribution in [-0.4, -0.2) is 16.9 Å². The van der Waals surface area contributed by atoms with Crippen molar-refractivity contribution in [2.75, 3.05) is 0 Å². The number of fused-ring (bicyclic) bond motifs is 1. The number of thiazole rings is 1. The number of aromatic nitrogens is 1. The number of carbonyl (C=O) groups excluding carboxylic acids is 1. The molecule has 1 amide bonds. The van der Waals surface area contributed by atoms with Crippen LogP contribution in [0.4, 0.5) is 0 Å². The lowest BCUT2D eigenvalue weighted by molar-refractivity contribution is -0.122. The SMILES string of the molecule is CC(C)CC(N)C(=O)NCc1nc2ccccc2s1. The molecule has 2 rings (SSSR count). The van der Waals surface area contributed by atoms with Crippen molar-refractivity contribution in [1.82, 2.24) is 10.3 Å². The van der Waals surface area contributed by atoms with Crippen LogP contribution in [0.2, 0.25) is 0 Å². The van der Waals surface area contributed by atoms with Gasteiger partial charge in [-0.25, -0.2) is 4.98 Å². The van der Waals surface area contributed by atoms with Crippen molar-refractivity contribution in [3.05, 3.63) is 29.3 Å². The van der Waals surface area contributed by atoms with Gasteiger partial charge in [0.1, 0.15) is 5.01 Å². The third-order valence-electron chi connectivity index (χ3n) is 2.81. The number of para-hydroxylation sites is 1. The monoisotopic (exact) mass is 277 g/mol. The summed E-state index contributed by atoms with van der Waals surface area (Å²) in [5, 5.41) is 3.76. The summed E-state index contributed by atoms with van der Waals surface area (Å²) >= 11 is 1.60. The van der Waals surface area contributed by atoms with Crippen LogP contribution < -0.4 is 11.1 Å². The number of benzene rings is 1. The third-order valence-corrected chi connectivity index (χ3v) is 3.85. The summed E-state index contributed by atoms with van der Waals surface area (Å²) in [6.45, 7) is 4.56. The lowest BCUT2D eigenvalue weighted by atomic mass is 10.0. The van der Waals surface area contributed by atoms with Gasteiger partial charge in [0.25, 0.3) is 0 Å². The molecule has 1 aromatic heterocycles. The van der Waals surface area contributed by atoms with Crippen molar-refractivity contribution in [2.45, 2.75) is 32.9 Å². The highest BCUT2D eigenvalue weighted by molar-refractivity contribution is 7.18. The summed E-state index contributed by atoms with van der Waals surface area (Å²) in [4.78, 5) is 16.3. The molecule has 5 heteroatoms. The molecule has 1 aromatic carbocycles. The molecule has 0 fully saturated rings. The van der Waals surface area contributed by atoms with Gasteiger partial charge in [0.2, 0.25) is 5.91 Å². The molecule has 0 aliphatic carbocycles. The number of nitrogens with two attached hydrogens (primary N) is 1. The van der Waals surface area contributed by atoms with Gasteiger partial charge in [-0.15, -0.1) is 11.3 Å². The molecule has 0 bridgehead atoms. The van der Waals surface area contributed by atoms with Crippen molar-refractivity contribution < 1.29 is 4.79 Å². The van der Waals surface area contributed by atoms with E-state index >= 15 is 0 Å². The van der Waals surface area contributed by atoms with Crippen LogP contribution in [-0.2, 0) is 11.3 Å². The second kappa shape index (κ2) is 6.12. The lowest BCUT2D eigenvalue weighted by Gasteiger charge is -2.13. The first kappa shape index (κ1) is 14.0. The quantitative estimate of drug-likeness (QED) is 0.881. The Balaban J connectivity index is 1.93. The zero-order valence-corrected chi connectivity index (χ0v) is 12.0. The summed E-state index contributed by atoms with van der Waals surface area (Å²) in [7, 11) is 0. The van der Waals surface area contributed by atoms with Crippen molar-refractivity contribution in [2.24, 2.45) is 11.7 Å². The van der Waals surface area contributed by atoms with Crippen molar-refractivity contribution in [3.8, 4) is 0 Å². The van der Waals surface area contributed by atoms with Crippen LogP contribution in [0, 0.1) is 5.92 Å². The smallest absolute Gasteiger partial charge is 0.237 e. The van der Waals surface area contributed by atoms with Gasteiger partial charge in [-0.3, -0.25) is 4.79 Å². The molecular formula is C14H19N3OS. The lowest BCUT2D eigenvalue weighted by Crippen LogP contribution is -2.40. The Morgan fingerprint density at radius 3 is 2.84 bits per heavy atom. The highest BCUT2D eigenvalue weighted by atomic mass is 32.1. The molecule has 0 aliphatic heterocycles. The predicted octanol–water partition coefficient (Wildman–Crippen LogP) is 2.29. The average molecular weight is 277 g/mol. The van der Waals surface area contributed by atoms with Crippen LogP contribution in [0.15, 0.2) is 24.3 Å². The molecule has 0 aliphatic rings. The van der Waals surface area contributed by atoms with Crippen LogP contribution in [0.5, 0.6) is 0 Å². The minimum Gasteiger partial charge on any atom is -0.348 e. The maximum atomic E-state index is 11.8. The van der Waals surface area contributed by atoms with E-state index in [9.17, 15) is 4.79 Å². The fourth-order valence-electron chi connectivity index (χ4n) is 1.90. The molecule has 3 N–H and O–H groups in total. The van der Waals surface area contributed by atoms with E-state index in [2.05, 4.69) is 24.1 Å². The highest BCUT2D eigenvalue weighted by Crippen LogP contribution is 2.21. The van der Waals surface area contributed by atoms with Crippen LogP contribution in [0.1, 0.15) is 25.3 Å². The summed E-state index contributed by atoms with van der Waals surface area (Å²) in [5.41, 5.74) is 6.80. The second-order valence-corrected chi connectivity index (χ2v) is 6.14. The first-order chi connectivity index (χ1) is 9.06. The van der Waals surface area contributed by atoms with E-state index in [1.54, 1.807) is 11.3 Å². The number of amides is 1. The Kier molecular flexibility index (Phi) is 4.50. The van der Waals surface area contributed by atoms with E-state index in [0.717, 1.165) is 15.2 Å². The van der Waals surface area contributed by atoms with Gasteiger partial charge in [-0.05, 0) is 24.5 Å². The number of nitrogens with zero attached hydrogens (tertiary/aromatic N) is 1.